The van der Waals surface area contributed by atoms with Crippen molar-refractivity contribution in [2.75, 3.05) is 0 Å². The van der Waals surface area contributed by atoms with E-state index in [4.69, 9.17) is 9.97 Å². The minimum atomic E-state index is 0.807. The second-order valence-corrected chi connectivity index (χ2v) is 15.3. The second kappa shape index (κ2) is 11.8. The molecule has 0 atom stereocenters. The van der Waals surface area contributed by atoms with E-state index in [0.717, 1.165) is 61.0 Å². The van der Waals surface area contributed by atoms with Crippen LogP contribution in [0.4, 0.5) is 0 Å². The van der Waals surface area contributed by atoms with Crippen molar-refractivity contribution in [1.82, 2.24) is 18.9 Å². The zero-order valence-corrected chi connectivity index (χ0v) is 31.3. The van der Waals surface area contributed by atoms with Crippen molar-refractivity contribution in [3.8, 4) is 39.3 Å². The summed E-state index contributed by atoms with van der Waals surface area (Å²) in [6, 6.07) is 69.9. The monoisotopic (exact) mass is 736 g/mol. The highest BCUT2D eigenvalue weighted by atomic mass is 15.1. The minimum absolute atomic E-state index is 0.807. The molecule has 0 N–H and O–H groups in total. The maximum Gasteiger partial charge on any atom is 0.165 e. The molecule has 0 amide bonds. The number of hydrogen-bond donors (Lipinski definition) is 0. The first kappa shape index (κ1) is 31.4. The van der Waals surface area contributed by atoms with E-state index in [1.807, 2.05) is 0 Å². The molecule has 0 radical (unpaired) electrons. The van der Waals surface area contributed by atoms with Crippen LogP contribution < -0.4 is 0 Å². The Labute approximate surface area is 332 Å². The Morgan fingerprint density at radius 3 is 1.71 bits per heavy atom. The summed E-state index contributed by atoms with van der Waals surface area (Å²) in [7, 11) is 0. The molecule has 0 aliphatic heterocycles. The summed E-state index contributed by atoms with van der Waals surface area (Å²) < 4.78 is 4.86. The van der Waals surface area contributed by atoms with Crippen molar-refractivity contribution in [3.63, 3.8) is 0 Å². The van der Waals surface area contributed by atoms with Crippen LogP contribution >= 0.6 is 0 Å². The normalized spacial score (nSPS) is 12.1. The smallest absolute Gasteiger partial charge is 0.165 e. The molecule has 0 unspecified atom stereocenters. The lowest BCUT2D eigenvalue weighted by Crippen LogP contribution is -2.05. The van der Waals surface area contributed by atoms with Crippen LogP contribution in [-0.2, 0) is 0 Å². The highest BCUT2D eigenvalue weighted by Crippen LogP contribution is 2.45. The molecule has 58 heavy (non-hydrogen) atoms. The number of aromatic nitrogens is 4. The first-order chi connectivity index (χ1) is 28.8. The fourth-order valence-corrected chi connectivity index (χ4v) is 9.72. The lowest BCUT2D eigenvalue weighted by atomic mass is 9.96. The third-order valence-corrected chi connectivity index (χ3v) is 12.2. The number of rotatable bonds is 4. The summed E-state index contributed by atoms with van der Waals surface area (Å²) in [5.41, 5.74) is 14.0. The lowest BCUT2D eigenvalue weighted by Gasteiger charge is -2.17. The number of hydrogen-bond acceptors (Lipinski definition) is 2. The van der Waals surface area contributed by atoms with Crippen LogP contribution in [-0.4, -0.2) is 18.9 Å². The lowest BCUT2D eigenvalue weighted by molar-refractivity contribution is 1.08. The molecule has 9 aromatic carbocycles. The van der Waals surface area contributed by atoms with Gasteiger partial charge in [-0.25, -0.2) is 9.97 Å². The van der Waals surface area contributed by atoms with Gasteiger partial charge in [0, 0.05) is 43.4 Å². The standard InChI is InChI=1S/C54H32N4/c1-3-14-33(15-4-1)34-28-30-35(31-29-34)43-32-37-18-7-8-19-38(37)51-52(43)56-54(50(55-51)36-16-5-2-6-17-36)58-45-25-12-21-40-42-23-11-22-41-39-20-9-10-24-44(39)57(53(41)42)46-26-13-27-47(58)49(46)48(40)45/h1-32H. The fraction of sp³-hybridized carbons (Fsp3) is 0. The van der Waals surface area contributed by atoms with Gasteiger partial charge in [-0.3, -0.25) is 4.57 Å². The molecule has 0 spiro atoms. The fourth-order valence-electron chi connectivity index (χ4n) is 9.72. The summed E-state index contributed by atoms with van der Waals surface area (Å²) in [6.45, 7) is 0. The first-order valence-electron chi connectivity index (χ1n) is 19.8. The molecule has 4 heterocycles. The van der Waals surface area contributed by atoms with Crippen molar-refractivity contribution >= 4 is 81.7 Å². The van der Waals surface area contributed by atoms with Crippen LogP contribution in [0.2, 0.25) is 0 Å². The van der Waals surface area contributed by atoms with Crippen LogP contribution in [0.15, 0.2) is 194 Å². The molecular formula is C54H32N4. The van der Waals surface area contributed by atoms with E-state index in [-0.39, 0.29) is 0 Å². The van der Waals surface area contributed by atoms with Crippen LogP contribution in [0.1, 0.15) is 0 Å². The largest absolute Gasteiger partial charge is 0.308 e. The van der Waals surface area contributed by atoms with Gasteiger partial charge in [-0.15, -0.1) is 0 Å². The quantitative estimate of drug-likeness (QED) is 0.169. The predicted octanol–water partition coefficient (Wildman–Crippen LogP) is 14.0. The van der Waals surface area contributed by atoms with Gasteiger partial charge in [-0.2, -0.15) is 0 Å². The molecule has 4 nitrogen and oxygen atoms in total. The summed E-state index contributed by atoms with van der Waals surface area (Å²) in [5.74, 6) is 0.807. The molecule has 0 fully saturated rings. The van der Waals surface area contributed by atoms with Crippen molar-refractivity contribution in [1.29, 1.82) is 0 Å². The topological polar surface area (TPSA) is 35.1 Å². The van der Waals surface area contributed by atoms with Crippen LogP contribution in [0.25, 0.3) is 121 Å². The number of fused-ring (bicyclic) bond motifs is 8. The highest BCUT2D eigenvalue weighted by Gasteiger charge is 2.25. The van der Waals surface area contributed by atoms with E-state index in [1.54, 1.807) is 0 Å². The van der Waals surface area contributed by atoms with Gasteiger partial charge in [-0.05, 0) is 57.8 Å². The zero-order chi connectivity index (χ0) is 37.9. The molecule has 268 valence electrons. The molecule has 0 bridgehead atoms. The van der Waals surface area contributed by atoms with Crippen molar-refractivity contribution in [3.05, 3.63) is 194 Å². The van der Waals surface area contributed by atoms with E-state index in [1.165, 1.54) is 60.0 Å². The molecule has 13 aromatic rings. The van der Waals surface area contributed by atoms with E-state index in [2.05, 4.69) is 203 Å². The van der Waals surface area contributed by atoms with E-state index < -0.39 is 0 Å². The van der Waals surface area contributed by atoms with Gasteiger partial charge in [0.25, 0.3) is 0 Å². The number of benzene rings is 9. The Balaban J connectivity index is 1.19. The van der Waals surface area contributed by atoms with E-state index >= 15 is 0 Å². The molecule has 0 saturated carbocycles. The van der Waals surface area contributed by atoms with Gasteiger partial charge in [0.2, 0.25) is 0 Å². The van der Waals surface area contributed by atoms with E-state index in [9.17, 15) is 0 Å². The Bertz CT molecular complexity index is 3770. The zero-order valence-electron chi connectivity index (χ0n) is 31.3. The van der Waals surface area contributed by atoms with Crippen LogP contribution in [0.3, 0.4) is 0 Å². The summed E-state index contributed by atoms with van der Waals surface area (Å²) in [6.07, 6.45) is 0. The van der Waals surface area contributed by atoms with Gasteiger partial charge in [0.05, 0.1) is 38.6 Å². The highest BCUT2D eigenvalue weighted by molar-refractivity contribution is 6.31. The Morgan fingerprint density at radius 1 is 0.345 bits per heavy atom. The Kier molecular flexibility index (Phi) is 6.41. The van der Waals surface area contributed by atoms with Gasteiger partial charge < -0.3 is 4.40 Å². The second-order valence-electron chi connectivity index (χ2n) is 15.3. The Hall–Kier alpha value is -7.82. The van der Waals surface area contributed by atoms with Crippen molar-refractivity contribution in [2.24, 2.45) is 0 Å². The van der Waals surface area contributed by atoms with Crippen molar-refractivity contribution < 1.29 is 0 Å². The SMILES string of the molecule is c1ccc(-c2ccc(-c3cc4ccccc4c4nc(-c5ccccc5)c(-n5c6cccc7c8cccc9c%10ccccc%10n(c%10cccc5c%10c76)c89)nc34)cc2)cc1. The molecule has 4 heteroatoms. The third kappa shape index (κ3) is 4.29. The third-order valence-electron chi connectivity index (χ3n) is 12.2. The van der Waals surface area contributed by atoms with E-state index in [0.29, 0.717) is 0 Å². The maximum atomic E-state index is 5.82. The Morgan fingerprint density at radius 2 is 0.897 bits per heavy atom. The molecular weight excluding hydrogens is 705 g/mol. The predicted molar refractivity (Wildman–Crippen MR) is 242 cm³/mol. The van der Waals surface area contributed by atoms with Gasteiger partial charge >= 0.3 is 0 Å². The van der Waals surface area contributed by atoms with Crippen molar-refractivity contribution in [2.45, 2.75) is 0 Å². The molecule has 0 aliphatic rings. The summed E-state index contributed by atoms with van der Waals surface area (Å²) in [4.78, 5) is 11.5. The summed E-state index contributed by atoms with van der Waals surface area (Å²) in [5, 5.41) is 9.64. The van der Waals surface area contributed by atoms with Crippen LogP contribution in [0, 0.1) is 0 Å². The van der Waals surface area contributed by atoms with Gasteiger partial charge in [0.1, 0.15) is 5.69 Å². The minimum Gasteiger partial charge on any atom is -0.308 e. The van der Waals surface area contributed by atoms with Crippen LogP contribution in [0.5, 0.6) is 0 Å². The number of nitrogens with zero attached hydrogens (tertiary/aromatic N) is 4. The molecule has 0 aliphatic carbocycles. The first-order valence-corrected chi connectivity index (χ1v) is 19.8. The average molecular weight is 737 g/mol. The van der Waals surface area contributed by atoms with Gasteiger partial charge in [0.15, 0.2) is 5.82 Å². The molecule has 4 aromatic heterocycles. The maximum absolute atomic E-state index is 5.82. The average Bonchev–Trinajstić information content (AvgIpc) is 3.78. The summed E-state index contributed by atoms with van der Waals surface area (Å²) >= 11 is 0. The molecule has 13 rings (SSSR count). The number of para-hydroxylation sites is 2. The molecule has 0 saturated heterocycles. The van der Waals surface area contributed by atoms with Gasteiger partial charge in [-0.1, -0.05) is 164 Å².